The first-order valence-corrected chi connectivity index (χ1v) is 12.7. The Balaban J connectivity index is 1.42. The zero-order chi connectivity index (χ0) is 22.3. The maximum atomic E-state index is 5.57. The molecule has 0 aromatic carbocycles. The van der Waals surface area contributed by atoms with Gasteiger partial charge in [0.25, 0.3) is 0 Å². The second kappa shape index (κ2) is 11.4. The predicted octanol–water partition coefficient (Wildman–Crippen LogP) is 2.57. The molecule has 32 heavy (non-hydrogen) atoms. The largest absolute Gasteiger partial charge is 0.379 e. The van der Waals surface area contributed by atoms with E-state index in [1.807, 2.05) is 0 Å². The van der Waals surface area contributed by atoms with E-state index < -0.39 is 0 Å². The first-order chi connectivity index (χ1) is 15.6. The molecule has 4 rings (SSSR count). The van der Waals surface area contributed by atoms with Crippen molar-refractivity contribution in [1.82, 2.24) is 20.2 Å². The third kappa shape index (κ3) is 6.65. The fourth-order valence-electron chi connectivity index (χ4n) is 5.07. The monoisotopic (exact) mass is 461 g/mol. The number of rotatable bonds is 6. The molecule has 3 aliphatic heterocycles. The molecule has 8 nitrogen and oxygen atoms in total. The van der Waals surface area contributed by atoms with Gasteiger partial charge in [-0.05, 0) is 49.7 Å². The van der Waals surface area contributed by atoms with Crippen molar-refractivity contribution in [3.63, 3.8) is 0 Å². The Kier molecular flexibility index (Phi) is 8.37. The number of hydrogen-bond acceptors (Lipinski definition) is 7. The van der Waals surface area contributed by atoms with E-state index in [2.05, 4.69) is 45.2 Å². The van der Waals surface area contributed by atoms with Gasteiger partial charge in [0.2, 0.25) is 5.95 Å². The predicted molar refractivity (Wildman–Crippen MR) is 135 cm³/mol. The molecule has 0 radical (unpaired) electrons. The van der Waals surface area contributed by atoms with Crippen LogP contribution >= 0.6 is 12.2 Å². The second-order valence-corrected chi connectivity index (χ2v) is 10.0. The van der Waals surface area contributed by atoms with Crippen molar-refractivity contribution in [2.45, 2.75) is 39.5 Å². The van der Waals surface area contributed by atoms with Crippen LogP contribution in [-0.4, -0.2) is 85.6 Å². The van der Waals surface area contributed by atoms with Crippen LogP contribution in [-0.2, 0) is 4.74 Å². The van der Waals surface area contributed by atoms with Crippen LogP contribution in [0.1, 0.15) is 39.5 Å². The maximum Gasteiger partial charge on any atom is 0.232 e. The molecule has 0 bridgehead atoms. The molecule has 178 valence electrons. The second-order valence-electron chi connectivity index (χ2n) is 9.64. The number of hydrogen-bond donors (Lipinski definition) is 2. The Hall–Kier alpha value is -1.71. The molecule has 1 aromatic heterocycles. The molecule has 2 atom stereocenters. The molecule has 3 saturated heterocycles. The van der Waals surface area contributed by atoms with Crippen LogP contribution in [0.15, 0.2) is 6.07 Å². The molecular weight excluding hydrogens is 422 g/mol. The van der Waals surface area contributed by atoms with E-state index >= 15 is 0 Å². The number of aromatic nitrogens is 2. The number of anilines is 3. The molecule has 0 spiro atoms. The first-order valence-electron chi connectivity index (χ1n) is 12.3. The summed E-state index contributed by atoms with van der Waals surface area (Å²) in [5.74, 6) is 3.97. The van der Waals surface area contributed by atoms with Crippen LogP contribution in [0.5, 0.6) is 0 Å². The van der Waals surface area contributed by atoms with Crippen LogP contribution in [0, 0.1) is 11.8 Å². The van der Waals surface area contributed by atoms with Crippen molar-refractivity contribution in [2.75, 3.05) is 80.7 Å². The fourth-order valence-corrected chi connectivity index (χ4v) is 5.27. The Labute approximate surface area is 198 Å². The van der Waals surface area contributed by atoms with E-state index in [4.69, 9.17) is 26.9 Å². The van der Waals surface area contributed by atoms with Gasteiger partial charge in [0.05, 0.1) is 13.2 Å². The van der Waals surface area contributed by atoms with Gasteiger partial charge in [-0.3, -0.25) is 4.90 Å². The summed E-state index contributed by atoms with van der Waals surface area (Å²) >= 11 is 5.57. The highest BCUT2D eigenvalue weighted by Gasteiger charge is 2.25. The van der Waals surface area contributed by atoms with Crippen molar-refractivity contribution in [1.29, 1.82) is 0 Å². The molecule has 4 heterocycles. The molecule has 0 unspecified atom stereocenters. The van der Waals surface area contributed by atoms with E-state index in [1.165, 1.54) is 25.7 Å². The molecule has 9 heteroatoms. The minimum Gasteiger partial charge on any atom is -0.379 e. The van der Waals surface area contributed by atoms with Gasteiger partial charge in [0, 0.05) is 58.4 Å². The van der Waals surface area contributed by atoms with E-state index in [0.717, 1.165) is 77.2 Å². The van der Waals surface area contributed by atoms with E-state index in [-0.39, 0.29) is 0 Å². The van der Waals surface area contributed by atoms with Crippen molar-refractivity contribution in [3.8, 4) is 0 Å². The fraction of sp³-hybridized carbons (Fsp3) is 0.783. The standard InChI is InChI=1S/C23H39N7OS/c1-18-14-19(2)17-30(16-18)21-15-20(29-7-4-3-5-8-29)25-22(26-21)27-23(32)24-6-9-28-10-12-31-13-11-28/h15,18-19H,3-14,16-17H2,1-2H3,(H2,24,25,26,27,32)/t18-,19-/m0/s1. The van der Waals surface area contributed by atoms with E-state index in [1.54, 1.807) is 0 Å². The van der Waals surface area contributed by atoms with Crippen molar-refractivity contribution < 1.29 is 4.74 Å². The van der Waals surface area contributed by atoms with Gasteiger partial charge in [-0.1, -0.05) is 13.8 Å². The highest BCUT2D eigenvalue weighted by Crippen LogP contribution is 2.29. The zero-order valence-corrected chi connectivity index (χ0v) is 20.5. The van der Waals surface area contributed by atoms with Gasteiger partial charge in [0.1, 0.15) is 11.6 Å². The van der Waals surface area contributed by atoms with E-state index in [9.17, 15) is 0 Å². The minimum absolute atomic E-state index is 0.584. The summed E-state index contributed by atoms with van der Waals surface area (Å²) < 4.78 is 5.42. The summed E-state index contributed by atoms with van der Waals surface area (Å²) in [6.45, 7) is 14.2. The topological polar surface area (TPSA) is 68.8 Å². The average molecular weight is 462 g/mol. The minimum atomic E-state index is 0.584. The molecule has 3 fully saturated rings. The lowest BCUT2D eigenvalue weighted by Gasteiger charge is -2.36. The first kappa shape index (κ1) is 23.4. The quantitative estimate of drug-likeness (QED) is 0.622. The Morgan fingerprint density at radius 3 is 2.34 bits per heavy atom. The van der Waals surface area contributed by atoms with Gasteiger partial charge < -0.3 is 25.2 Å². The molecule has 2 N–H and O–H groups in total. The van der Waals surface area contributed by atoms with Crippen LogP contribution < -0.4 is 20.4 Å². The number of nitrogens with zero attached hydrogens (tertiary/aromatic N) is 5. The molecular formula is C23H39N7OS. The molecule has 3 aliphatic rings. The van der Waals surface area contributed by atoms with Crippen LogP contribution in [0.2, 0.25) is 0 Å². The van der Waals surface area contributed by atoms with E-state index in [0.29, 0.717) is 22.9 Å². The van der Waals surface area contributed by atoms with Crippen LogP contribution in [0.25, 0.3) is 0 Å². The van der Waals surface area contributed by atoms with Gasteiger partial charge in [-0.15, -0.1) is 0 Å². The van der Waals surface area contributed by atoms with Gasteiger partial charge in [-0.2, -0.15) is 9.97 Å². The van der Waals surface area contributed by atoms with Crippen molar-refractivity contribution >= 4 is 34.9 Å². The summed E-state index contributed by atoms with van der Waals surface area (Å²) in [6, 6.07) is 2.18. The maximum absolute atomic E-state index is 5.57. The summed E-state index contributed by atoms with van der Waals surface area (Å²) in [7, 11) is 0. The highest BCUT2D eigenvalue weighted by atomic mass is 32.1. The molecule has 0 amide bonds. The van der Waals surface area contributed by atoms with Crippen molar-refractivity contribution in [2.24, 2.45) is 11.8 Å². The number of ether oxygens (including phenoxy) is 1. The molecule has 0 saturated carbocycles. The SMILES string of the molecule is C[C@H]1C[C@H](C)CN(c2cc(N3CCCCC3)nc(NC(=S)NCCN3CCOCC3)n2)C1. The summed E-state index contributed by atoms with van der Waals surface area (Å²) in [5, 5.41) is 7.17. The Bertz CT molecular complexity index is 742. The summed E-state index contributed by atoms with van der Waals surface area (Å²) in [6.07, 6.45) is 5.03. The number of nitrogens with one attached hydrogen (secondary N) is 2. The lowest BCUT2D eigenvalue weighted by molar-refractivity contribution is 0.0389. The third-order valence-corrected chi connectivity index (χ3v) is 6.86. The average Bonchev–Trinajstić information content (AvgIpc) is 2.79. The Morgan fingerprint density at radius 2 is 1.66 bits per heavy atom. The molecule has 0 aliphatic carbocycles. The van der Waals surface area contributed by atoms with Gasteiger partial charge >= 0.3 is 0 Å². The summed E-state index contributed by atoms with van der Waals surface area (Å²) in [4.78, 5) is 16.9. The van der Waals surface area contributed by atoms with Gasteiger partial charge in [0.15, 0.2) is 5.11 Å². The van der Waals surface area contributed by atoms with Gasteiger partial charge in [-0.25, -0.2) is 0 Å². The number of morpholine rings is 1. The smallest absolute Gasteiger partial charge is 0.232 e. The lowest BCUT2D eigenvalue weighted by Crippen LogP contribution is -2.42. The van der Waals surface area contributed by atoms with Crippen LogP contribution in [0.4, 0.5) is 17.6 Å². The molecule has 1 aromatic rings. The summed E-state index contributed by atoms with van der Waals surface area (Å²) in [5.41, 5.74) is 0. The Morgan fingerprint density at radius 1 is 1.00 bits per heavy atom. The zero-order valence-electron chi connectivity index (χ0n) is 19.7. The van der Waals surface area contributed by atoms with Crippen molar-refractivity contribution in [3.05, 3.63) is 6.07 Å². The number of thiocarbonyl (C=S) groups is 1. The number of piperidine rings is 2. The normalized spacial score (nSPS) is 24.9. The third-order valence-electron chi connectivity index (χ3n) is 6.61. The lowest BCUT2D eigenvalue weighted by atomic mass is 9.92. The van der Waals surface area contributed by atoms with Crippen LogP contribution in [0.3, 0.4) is 0 Å². The highest BCUT2D eigenvalue weighted by molar-refractivity contribution is 7.80.